The number of fused-ring (bicyclic) bond motifs is 1. The van der Waals surface area contributed by atoms with Gasteiger partial charge in [-0.3, -0.25) is 4.90 Å². The standard InChI is InChI=1S/C9H10N2O2/c12-9(13)11-6-5-10-4-2-1-3-8(10)7-11/h1-3,5-6H,4,7H2,(H,12,13). The van der Waals surface area contributed by atoms with E-state index in [0.717, 1.165) is 12.2 Å². The summed E-state index contributed by atoms with van der Waals surface area (Å²) in [7, 11) is 0. The molecule has 2 heterocycles. The molecule has 1 amide bonds. The lowest BCUT2D eigenvalue weighted by Gasteiger charge is -2.31. The number of hydrogen-bond donors (Lipinski definition) is 1. The van der Waals surface area contributed by atoms with Gasteiger partial charge in [0.25, 0.3) is 0 Å². The summed E-state index contributed by atoms with van der Waals surface area (Å²) in [6.07, 6.45) is 8.37. The maximum atomic E-state index is 10.6. The molecule has 0 unspecified atom stereocenters. The van der Waals surface area contributed by atoms with Crippen LogP contribution in [0.3, 0.4) is 0 Å². The van der Waals surface area contributed by atoms with E-state index in [1.807, 2.05) is 23.1 Å². The second kappa shape index (κ2) is 2.97. The summed E-state index contributed by atoms with van der Waals surface area (Å²) in [5, 5.41) is 8.74. The Labute approximate surface area is 76.1 Å². The van der Waals surface area contributed by atoms with Gasteiger partial charge in [0.15, 0.2) is 0 Å². The van der Waals surface area contributed by atoms with Gasteiger partial charge in [0.2, 0.25) is 0 Å². The van der Waals surface area contributed by atoms with Crippen LogP contribution < -0.4 is 0 Å². The third kappa shape index (κ3) is 1.42. The molecule has 0 saturated carbocycles. The zero-order chi connectivity index (χ0) is 9.26. The number of amides is 1. The molecule has 0 aromatic carbocycles. The number of nitrogens with zero attached hydrogens (tertiary/aromatic N) is 2. The first-order chi connectivity index (χ1) is 6.27. The number of carboxylic acid groups (broad SMARTS) is 1. The van der Waals surface area contributed by atoms with E-state index in [4.69, 9.17) is 5.11 Å². The highest BCUT2D eigenvalue weighted by atomic mass is 16.4. The lowest BCUT2D eigenvalue weighted by atomic mass is 10.2. The molecule has 2 aliphatic rings. The van der Waals surface area contributed by atoms with Crippen molar-refractivity contribution < 1.29 is 9.90 Å². The quantitative estimate of drug-likeness (QED) is 0.606. The van der Waals surface area contributed by atoms with Crippen LogP contribution in [-0.4, -0.2) is 34.1 Å². The Balaban J connectivity index is 2.20. The second-order valence-corrected chi connectivity index (χ2v) is 2.95. The summed E-state index contributed by atoms with van der Waals surface area (Å²) >= 11 is 0. The van der Waals surface area contributed by atoms with Crippen molar-refractivity contribution >= 4 is 6.09 Å². The molecule has 1 N–H and O–H groups in total. The molecule has 0 aromatic rings. The van der Waals surface area contributed by atoms with Crippen LogP contribution in [0.5, 0.6) is 0 Å². The van der Waals surface area contributed by atoms with Crippen LogP contribution in [0.1, 0.15) is 0 Å². The minimum Gasteiger partial charge on any atom is -0.465 e. The average Bonchev–Trinajstić information content (AvgIpc) is 2.17. The normalized spacial score (nSPS) is 19.8. The van der Waals surface area contributed by atoms with Crippen LogP contribution in [0.4, 0.5) is 4.79 Å². The summed E-state index contributed by atoms with van der Waals surface area (Å²) in [5.74, 6) is 0. The fourth-order valence-electron chi connectivity index (χ4n) is 1.39. The van der Waals surface area contributed by atoms with Gasteiger partial charge in [0.1, 0.15) is 0 Å². The maximum absolute atomic E-state index is 10.6. The van der Waals surface area contributed by atoms with Gasteiger partial charge in [-0.1, -0.05) is 12.2 Å². The second-order valence-electron chi connectivity index (χ2n) is 2.95. The summed E-state index contributed by atoms with van der Waals surface area (Å²) < 4.78 is 0. The Morgan fingerprint density at radius 1 is 1.46 bits per heavy atom. The van der Waals surface area contributed by atoms with E-state index >= 15 is 0 Å². The van der Waals surface area contributed by atoms with E-state index < -0.39 is 6.09 Å². The van der Waals surface area contributed by atoms with Crippen molar-refractivity contribution in [2.24, 2.45) is 0 Å². The predicted octanol–water partition coefficient (Wildman–Crippen LogP) is 1.21. The monoisotopic (exact) mass is 178 g/mol. The van der Waals surface area contributed by atoms with Gasteiger partial charge in [-0.05, 0) is 6.08 Å². The van der Waals surface area contributed by atoms with Crippen molar-refractivity contribution in [1.82, 2.24) is 9.80 Å². The molecule has 2 aliphatic heterocycles. The third-order valence-corrected chi connectivity index (χ3v) is 2.10. The largest absolute Gasteiger partial charge is 0.465 e. The van der Waals surface area contributed by atoms with E-state index in [-0.39, 0.29) is 0 Å². The molecule has 13 heavy (non-hydrogen) atoms. The molecule has 0 spiro atoms. The summed E-state index contributed by atoms with van der Waals surface area (Å²) in [6.45, 7) is 1.27. The Morgan fingerprint density at radius 2 is 2.31 bits per heavy atom. The van der Waals surface area contributed by atoms with Crippen LogP contribution in [0.2, 0.25) is 0 Å². The average molecular weight is 178 g/mol. The molecule has 0 bridgehead atoms. The molecule has 0 atom stereocenters. The third-order valence-electron chi connectivity index (χ3n) is 2.10. The fourth-order valence-corrected chi connectivity index (χ4v) is 1.39. The molecule has 0 fully saturated rings. The number of allylic oxidation sites excluding steroid dienone is 2. The van der Waals surface area contributed by atoms with E-state index in [2.05, 4.69) is 0 Å². The van der Waals surface area contributed by atoms with Gasteiger partial charge in [0, 0.05) is 24.6 Å². The fraction of sp³-hybridized carbons (Fsp3) is 0.222. The number of rotatable bonds is 0. The van der Waals surface area contributed by atoms with Crippen molar-refractivity contribution in [3.05, 3.63) is 36.3 Å². The van der Waals surface area contributed by atoms with Gasteiger partial charge in [-0.2, -0.15) is 0 Å². The molecule has 2 rings (SSSR count). The zero-order valence-corrected chi connectivity index (χ0v) is 7.05. The van der Waals surface area contributed by atoms with Gasteiger partial charge in [-0.15, -0.1) is 0 Å². The molecule has 0 aromatic heterocycles. The van der Waals surface area contributed by atoms with Gasteiger partial charge in [-0.25, -0.2) is 4.79 Å². The zero-order valence-electron chi connectivity index (χ0n) is 7.05. The number of hydrogen-bond acceptors (Lipinski definition) is 2. The summed E-state index contributed by atoms with van der Waals surface area (Å²) in [5.41, 5.74) is 1.02. The molecule has 68 valence electrons. The van der Waals surface area contributed by atoms with Crippen LogP contribution >= 0.6 is 0 Å². The Morgan fingerprint density at radius 3 is 3.08 bits per heavy atom. The van der Waals surface area contributed by atoms with Crippen molar-refractivity contribution in [3.63, 3.8) is 0 Å². The van der Waals surface area contributed by atoms with E-state index in [1.165, 1.54) is 4.90 Å². The predicted molar refractivity (Wildman–Crippen MR) is 47.8 cm³/mol. The number of carbonyl (C=O) groups is 1. The van der Waals surface area contributed by atoms with Crippen LogP contribution in [0.15, 0.2) is 36.3 Å². The first kappa shape index (κ1) is 7.91. The molecular formula is C9H10N2O2. The first-order valence-electron chi connectivity index (χ1n) is 4.07. The topological polar surface area (TPSA) is 43.8 Å². The van der Waals surface area contributed by atoms with Crippen molar-refractivity contribution in [2.45, 2.75) is 0 Å². The Bertz CT molecular complexity index is 318. The van der Waals surface area contributed by atoms with Gasteiger partial charge >= 0.3 is 6.09 Å². The lowest BCUT2D eigenvalue weighted by molar-refractivity contribution is 0.160. The highest BCUT2D eigenvalue weighted by Crippen LogP contribution is 2.16. The van der Waals surface area contributed by atoms with Gasteiger partial charge < -0.3 is 10.0 Å². The van der Waals surface area contributed by atoms with E-state index in [1.54, 1.807) is 12.4 Å². The Kier molecular flexibility index (Phi) is 1.81. The molecular weight excluding hydrogens is 168 g/mol. The van der Waals surface area contributed by atoms with Crippen LogP contribution in [-0.2, 0) is 0 Å². The first-order valence-corrected chi connectivity index (χ1v) is 4.07. The SMILES string of the molecule is O=C(O)N1C=CN2CC=CC=C2C1. The molecule has 0 aliphatic carbocycles. The van der Waals surface area contributed by atoms with E-state index in [9.17, 15) is 4.79 Å². The molecule has 0 radical (unpaired) electrons. The van der Waals surface area contributed by atoms with Crippen molar-refractivity contribution in [2.75, 3.05) is 13.1 Å². The van der Waals surface area contributed by atoms with Crippen LogP contribution in [0, 0.1) is 0 Å². The smallest absolute Gasteiger partial charge is 0.411 e. The van der Waals surface area contributed by atoms with E-state index in [0.29, 0.717) is 6.54 Å². The Hall–Kier alpha value is -1.71. The summed E-state index contributed by atoms with van der Waals surface area (Å²) in [4.78, 5) is 13.9. The highest BCUT2D eigenvalue weighted by Gasteiger charge is 2.19. The van der Waals surface area contributed by atoms with Crippen molar-refractivity contribution in [1.29, 1.82) is 0 Å². The molecule has 4 heteroatoms. The minimum atomic E-state index is -0.911. The van der Waals surface area contributed by atoms with Gasteiger partial charge in [0.05, 0.1) is 6.54 Å². The lowest BCUT2D eigenvalue weighted by Crippen LogP contribution is -2.36. The molecule has 0 saturated heterocycles. The molecule has 4 nitrogen and oxygen atoms in total. The highest BCUT2D eigenvalue weighted by molar-refractivity contribution is 5.67. The maximum Gasteiger partial charge on any atom is 0.411 e. The minimum absolute atomic E-state index is 0.441. The van der Waals surface area contributed by atoms with Crippen LogP contribution in [0.25, 0.3) is 0 Å². The van der Waals surface area contributed by atoms with Crippen molar-refractivity contribution in [3.8, 4) is 0 Å². The summed E-state index contributed by atoms with van der Waals surface area (Å²) in [6, 6.07) is 0.